The van der Waals surface area contributed by atoms with E-state index in [1.807, 2.05) is 50.6 Å². The van der Waals surface area contributed by atoms with E-state index in [2.05, 4.69) is 33.6 Å². The highest BCUT2D eigenvalue weighted by atomic mass is 16.5. The van der Waals surface area contributed by atoms with Crippen LogP contribution in [0.15, 0.2) is 54.9 Å². The first kappa shape index (κ1) is 26.4. The molecule has 2 N–H and O–H groups in total. The Morgan fingerprint density at radius 3 is 2.44 bits per heavy atom. The predicted octanol–water partition coefficient (Wildman–Crippen LogP) is 4.84. The van der Waals surface area contributed by atoms with E-state index in [0.717, 1.165) is 36.8 Å². The SMILES string of the molecule is CC(C)CCOC(=O)c1cccc2c(C3=C(c4cn(CCCN(C)C)c5ccccc45)C(=O)NC3=O)c[nH]c12. The number of carbonyl (C=O) groups excluding carboxylic acids is 3. The number of fused-ring (bicyclic) bond motifs is 2. The first-order valence-electron chi connectivity index (χ1n) is 13.4. The number of hydrogen-bond acceptors (Lipinski definition) is 5. The lowest BCUT2D eigenvalue weighted by atomic mass is 9.95. The van der Waals surface area contributed by atoms with E-state index in [-0.39, 0.29) is 0 Å². The molecule has 3 heterocycles. The molecule has 2 aromatic heterocycles. The maximum atomic E-state index is 13.2. The fraction of sp³-hybridized carbons (Fsp3) is 0.323. The molecule has 0 spiro atoms. The van der Waals surface area contributed by atoms with E-state index < -0.39 is 17.8 Å². The summed E-state index contributed by atoms with van der Waals surface area (Å²) < 4.78 is 7.65. The van der Waals surface area contributed by atoms with Crippen molar-refractivity contribution in [2.45, 2.75) is 33.2 Å². The molecule has 1 aliphatic rings. The minimum absolute atomic E-state index is 0.299. The lowest BCUT2D eigenvalue weighted by Crippen LogP contribution is -2.22. The smallest absolute Gasteiger partial charge is 0.340 e. The number of H-pyrrole nitrogens is 1. The molecule has 0 bridgehead atoms. The van der Waals surface area contributed by atoms with Crippen LogP contribution < -0.4 is 5.32 Å². The third-order valence-corrected chi connectivity index (χ3v) is 7.13. The second-order valence-electron chi connectivity index (χ2n) is 10.7. The number of aromatic nitrogens is 2. The Bertz CT molecular complexity index is 1610. The van der Waals surface area contributed by atoms with Crippen LogP contribution in [-0.2, 0) is 20.9 Å². The molecular weight excluding hydrogens is 492 g/mol. The highest BCUT2D eigenvalue weighted by molar-refractivity contribution is 6.50. The van der Waals surface area contributed by atoms with E-state index in [4.69, 9.17) is 4.74 Å². The number of imide groups is 1. The minimum atomic E-state index is -0.453. The van der Waals surface area contributed by atoms with E-state index in [1.165, 1.54) is 0 Å². The summed E-state index contributed by atoms with van der Waals surface area (Å²) in [5, 5.41) is 4.09. The second-order valence-corrected chi connectivity index (χ2v) is 10.7. The van der Waals surface area contributed by atoms with Crippen molar-refractivity contribution in [3.8, 4) is 0 Å². The molecule has 8 heteroatoms. The van der Waals surface area contributed by atoms with Crippen molar-refractivity contribution >= 4 is 50.7 Å². The average molecular weight is 527 g/mol. The van der Waals surface area contributed by atoms with Gasteiger partial charge in [-0.05, 0) is 51.5 Å². The van der Waals surface area contributed by atoms with Gasteiger partial charge in [0.05, 0.1) is 28.8 Å². The van der Waals surface area contributed by atoms with Crippen molar-refractivity contribution < 1.29 is 19.1 Å². The summed E-state index contributed by atoms with van der Waals surface area (Å²) in [5.74, 6) is -0.875. The van der Waals surface area contributed by atoms with Crippen LogP contribution >= 0.6 is 0 Å². The van der Waals surface area contributed by atoms with Gasteiger partial charge in [0.25, 0.3) is 11.8 Å². The standard InChI is InChI=1S/C31H34N4O4/c1-19(2)13-16-39-31(38)22-11-7-10-21-23(17-32-28(21)22)26-27(30(37)33-29(26)36)24-18-35(15-8-14-34(3)4)25-12-6-5-9-20(24)25/h5-7,9-12,17-19,32H,8,13-16H2,1-4H3,(H,33,36,37). The molecule has 0 saturated heterocycles. The number of esters is 1. The average Bonchev–Trinajstić information content (AvgIpc) is 3.56. The van der Waals surface area contributed by atoms with Crippen molar-refractivity contribution in [1.82, 2.24) is 19.8 Å². The van der Waals surface area contributed by atoms with Gasteiger partial charge in [0.15, 0.2) is 0 Å². The molecular formula is C31H34N4O4. The maximum absolute atomic E-state index is 13.2. The summed E-state index contributed by atoms with van der Waals surface area (Å²) in [6, 6.07) is 13.2. The first-order valence-corrected chi connectivity index (χ1v) is 13.4. The van der Waals surface area contributed by atoms with Crippen LogP contribution in [0.25, 0.3) is 33.0 Å². The fourth-order valence-electron chi connectivity index (χ4n) is 5.15. The number of nitrogens with zero attached hydrogens (tertiary/aromatic N) is 2. The summed E-state index contributed by atoms with van der Waals surface area (Å²) >= 11 is 0. The predicted molar refractivity (Wildman–Crippen MR) is 153 cm³/mol. The van der Waals surface area contributed by atoms with Gasteiger partial charge in [-0.1, -0.05) is 44.2 Å². The molecule has 0 saturated carbocycles. The van der Waals surface area contributed by atoms with Crippen molar-refractivity contribution in [3.05, 3.63) is 71.5 Å². The zero-order valence-electron chi connectivity index (χ0n) is 22.8. The van der Waals surface area contributed by atoms with Gasteiger partial charge < -0.3 is 19.2 Å². The molecule has 2 amide bonds. The van der Waals surface area contributed by atoms with Crippen LogP contribution in [0.2, 0.25) is 0 Å². The Hall–Kier alpha value is -4.17. The Labute approximate surface area is 227 Å². The van der Waals surface area contributed by atoms with Crippen LogP contribution in [-0.4, -0.2) is 59.5 Å². The van der Waals surface area contributed by atoms with E-state index in [9.17, 15) is 14.4 Å². The number of para-hydroxylation sites is 2. The number of aryl methyl sites for hydroxylation is 1. The zero-order chi connectivity index (χ0) is 27.7. The summed E-state index contributed by atoms with van der Waals surface area (Å²) in [6.07, 6.45) is 5.39. The number of benzene rings is 2. The molecule has 0 fully saturated rings. The molecule has 202 valence electrons. The minimum Gasteiger partial charge on any atom is -0.462 e. The molecule has 0 radical (unpaired) electrons. The van der Waals surface area contributed by atoms with Gasteiger partial charge in [0, 0.05) is 46.4 Å². The molecule has 2 aromatic carbocycles. The van der Waals surface area contributed by atoms with Crippen molar-refractivity contribution in [1.29, 1.82) is 0 Å². The zero-order valence-corrected chi connectivity index (χ0v) is 22.8. The third kappa shape index (κ3) is 5.12. The van der Waals surface area contributed by atoms with Gasteiger partial charge in [-0.15, -0.1) is 0 Å². The highest BCUT2D eigenvalue weighted by Gasteiger charge is 2.35. The van der Waals surface area contributed by atoms with Crippen LogP contribution in [0.1, 0.15) is 48.2 Å². The van der Waals surface area contributed by atoms with Crippen molar-refractivity contribution in [2.24, 2.45) is 5.92 Å². The molecule has 8 nitrogen and oxygen atoms in total. The van der Waals surface area contributed by atoms with E-state index >= 15 is 0 Å². The number of hydrogen-bond donors (Lipinski definition) is 2. The molecule has 1 aliphatic heterocycles. The summed E-state index contributed by atoms with van der Waals surface area (Å²) in [7, 11) is 4.09. The van der Waals surface area contributed by atoms with Crippen LogP contribution in [0, 0.1) is 5.92 Å². The van der Waals surface area contributed by atoms with Gasteiger partial charge in [0.2, 0.25) is 0 Å². The number of rotatable bonds is 10. The van der Waals surface area contributed by atoms with Gasteiger partial charge in [0.1, 0.15) is 0 Å². The van der Waals surface area contributed by atoms with Crippen molar-refractivity contribution in [3.63, 3.8) is 0 Å². The maximum Gasteiger partial charge on any atom is 0.340 e. The van der Waals surface area contributed by atoms with Crippen LogP contribution in [0.4, 0.5) is 0 Å². The fourth-order valence-corrected chi connectivity index (χ4v) is 5.15. The number of nitrogens with one attached hydrogen (secondary N) is 2. The van der Waals surface area contributed by atoms with Crippen LogP contribution in [0.5, 0.6) is 0 Å². The Kier molecular flexibility index (Phi) is 7.39. The van der Waals surface area contributed by atoms with Gasteiger partial charge in [-0.3, -0.25) is 14.9 Å². The monoisotopic (exact) mass is 526 g/mol. The van der Waals surface area contributed by atoms with Gasteiger partial charge in [-0.25, -0.2) is 4.79 Å². The molecule has 0 atom stereocenters. The van der Waals surface area contributed by atoms with Gasteiger partial charge >= 0.3 is 5.97 Å². The largest absolute Gasteiger partial charge is 0.462 e. The third-order valence-electron chi connectivity index (χ3n) is 7.13. The van der Waals surface area contributed by atoms with Gasteiger partial charge in [-0.2, -0.15) is 0 Å². The summed E-state index contributed by atoms with van der Waals surface area (Å²) in [5.41, 5.74) is 3.91. The van der Waals surface area contributed by atoms with E-state index in [1.54, 1.807) is 18.3 Å². The second kappa shape index (κ2) is 10.9. The summed E-state index contributed by atoms with van der Waals surface area (Å²) in [6.45, 7) is 6.21. The van der Waals surface area contributed by atoms with E-state index in [0.29, 0.717) is 51.3 Å². The normalized spacial score (nSPS) is 13.9. The van der Waals surface area contributed by atoms with Crippen molar-refractivity contribution in [2.75, 3.05) is 27.2 Å². The Morgan fingerprint density at radius 2 is 1.69 bits per heavy atom. The summed E-state index contributed by atoms with van der Waals surface area (Å²) in [4.78, 5) is 44.6. The number of carbonyl (C=O) groups is 3. The Morgan fingerprint density at radius 1 is 0.974 bits per heavy atom. The molecule has 0 unspecified atom stereocenters. The first-order chi connectivity index (χ1) is 18.8. The molecule has 0 aliphatic carbocycles. The van der Waals surface area contributed by atoms with Crippen LogP contribution in [0.3, 0.4) is 0 Å². The molecule has 39 heavy (non-hydrogen) atoms. The number of aromatic amines is 1. The Balaban J connectivity index is 1.60. The lowest BCUT2D eigenvalue weighted by molar-refractivity contribution is -0.122. The molecule has 4 aromatic rings. The number of amides is 2. The lowest BCUT2D eigenvalue weighted by Gasteiger charge is -2.10. The number of ether oxygens (including phenoxy) is 1. The topological polar surface area (TPSA) is 96.4 Å². The molecule has 5 rings (SSSR count). The quantitative estimate of drug-likeness (QED) is 0.228. The highest BCUT2D eigenvalue weighted by Crippen LogP contribution is 2.38.